The number of nitrogens with one attached hydrogen (secondary N) is 1. The van der Waals surface area contributed by atoms with Gasteiger partial charge in [-0.2, -0.15) is 13.2 Å². The van der Waals surface area contributed by atoms with E-state index in [1.54, 1.807) is 11.9 Å². The van der Waals surface area contributed by atoms with Crippen LogP contribution < -0.4 is 5.32 Å². The zero-order valence-corrected chi connectivity index (χ0v) is 14.2. The smallest absolute Gasteiger partial charge is 0.416 e. The summed E-state index contributed by atoms with van der Waals surface area (Å²) in [6.07, 6.45) is -4.67. The summed E-state index contributed by atoms with van der Waals surface area (Å²) in [7, 11) is 2.80. The average Bonchev–Trinajstić information content (AvgIpc) is 2.81. The Morgan fingerprint density at radius 2 is 1.88 bits per heavy atom. The Bertz CT molecular complexity index is 691. The minimum Gasteiger partial charge on any atom is -0.469 e. The summed E-state index contributed by atoms with van der Waals surface area (Å²) >= 11 is 0. The van der Waals surface area contributed by atoms with Crippen LogP contribution in [-0.4, -0.2) is 54.6 Å². The predicted molar refractivity (Wildman–Crippen MR) is 83.6 cm³/mol. The van der Waals surface area contributed by atoms with Gasteiger partial charge in [0.15, 0.2) is 0 Å². The lowest BCUT2D eigenvalue weighted by Gasteiger charge is -2.22. The summed E-state index contributed by atoms with van der Waals surface area (Å²) in [4.78, 5) is 37.9. The molecule has 1 atom stereocenters. The topological polar surface area (TPSA) is 79.0 Å². The number of amides is 3. The third kappa shape index (κ3) is 4.72. The normalized spacial score (nSPS) is 17.6. The lowest BCUT2D eigenvalue weighted by Crippen LogP contribution is -2.40. The standard InChI is InChI=1S/C16H18F3N3O4/c1-21(8-10-3-5-11(6-4-10)16(17,18)19)9-22-14(24)12(20-15(22)25)7-13(23)26-2/h3-6,12H,7-9H2,1-2H3,(H,20,25)/t12-/m0/s1. The molecule has 10 heteroatoms. The number of alkyl halides is 3. The number of esters is 1. The number of benzene rings is 1. The van der Waals surface area contributed by atoms with Crippen LogP contribution in [0, 0.1) is 0 Å². The molecule has 0 bridgehead atoms. The van der Waals surface area contributed by atoms with Crippen molar-refractivity contribution in [3.05, 3.63) is 35.4 Å². The molecule has 3 amide bonds. The van der Waals surface area contributed by atoms with Crippen molar-refractivity contribution in [2.75, 3.05) is 20.8 Å². The van der Waals surface area contributed by atoms with Crippen LogP contribution >= 0.6 is 0 Å². The Balaban J connectivity index is 1.95. The molecule has 1 saturated heterocycles. The van der Waals surface area contributed by atoms with E-state index in [1.165, 1.54) is 19.2 Å². The fraction of sp³-hybridized carbons (Fsp3) is 0.438. The van der Waals surface area contributed by atoms with Gasteiger partial charge in [0.1, 0.15) is 6.04 Å². The fourth-order valence-corrected chi connectivity index (χ4v) is 2.50. The van der Waals surface area contributed by atoms with Crippen molar-refractivity contribution in [1.29, 1.82) is 0 Å². The molecule has 7 nitrogen and oxygen atoms in total. The predicted octanol–water partition coefficient (Wildman–Crippen LogP) is 1.58. The van der Waals surface area contributed by atoms with Gasteiger partial charge in [-0.05, 0) is 24.7 Å². The molecule has 0 aromatic heterocycles. The molecule has 0 unspecified atom stereocenters. The number of ether oxygens (including phenoxy) is 1. The first-order chi connectivity index (χ1) is 12.1. The maximum atomic E-state index is 12.6. The third-order valence-electron chi connectivity index (χ3n) is 3.82. The molecule has 142 valence electrons. The van der Waals surface area contributed by atoms with Gasteiger partial charge in [-0.15, -0.1) is 0 Å². The molecule has 1 aromatic rings. The highest BCUT2D eigenvalue weighted by Crippen LogP contribution is 2.29. The number of rotatable bonds is 6. The van der Waals surface area contributed by atoms with Crippen molar-refractivity contribution in [2.24, 2.45) is 0 Å². The molecule has 0 saturated carbocycles. The minimum absolute atomic E-state index is 0.0661. The Morgan fingerprint density at radius 3 is 2.42 bits per heavy atom. The molecule has 2 rings (SSSR count). The Kier molecular flexibility index (Phi) is 5.86. The van der Waals surface area contributed by atoms with Crippen molar-refractivity contribution in [1.82, 2.24) is 15.1 Å². The molecule has 1 N–H and O–H groups in total. The molecule has 0 radical (unpaired) electrons. The molecule has 1 aromatic carbocycles. The SMILES string of the molecule is COC(=O)C[C@@H]1NC(=O)N(CN(C)Cc2ccc(C(F)(F)F)cc2)C1=O. The second kappa shape index (κ2) is 7.73. The van der Waals surface area contributed by atoms with E-state index in [-0.39, 0.29) is 19.6 Å². The van der Waals surface area contributed by atoms with Crippen LogP contribution in [0.2, 0.25) is 0 Å². The van der Waals surface area contributed by atoms with Gasteiger partial charge in [0, 0.05) is 6.54 Å². The van der Waals surface area contributed by atoms with E-state index < -0.39 is 35.7 Å². The first-order valence-electron chi connectivity index (χ1n) is 7.65. The van der Waals surface area contributed by atoms with Crippen LogP contribution in [0.1, 0.15) is 17.5 Å². The summed E-state index contributed by atoms with van der Waals surface area (Å²) in [5.74, 6) is -1.18. The maximum absolute atomic E-state index is 12.6. The number of hydrogen-bond acceptors (Lipinski definition) is 5. The van der Waals surface area contributed by atoms with Crippen molar-refractivity contribution in [3.63, 3.8) is 0 Å². The van der Waals surface area contributed by atoms with Crippen molar-refractivity contribution in [3.8, 4) is 0 Å². The first-order valence-corrected chi connectivity index (χ1v) is 7.65. The van der Waals surface area contributed by atoms with E-state index >= 15 is 0 Å². The number of halogens is 3. The number of methoxy groups -OCH3 is 1. The van der Waals surface area contributed by atoms with Crippen molar-refractivity contribution >= 4 is 17.9 Å². The molecule has 1 aliphatic heterocycles. The average molecular weight is 373 g/mol. The lowest BCUT2D eigenvalue weighted by atomic mass is 10.1. The molecule has 26 heavy (non-hydrogen) atoms. The number of imide groups is 1. The summed E-state index contributed by atoms with van der Waals surface area (Å²) < 4.78 is 42.2. The number of carbonyl (C=O) groups is 3. The van der Waals surface area contributed by atoms with Gasteiger partial charge < -0.3 is 10.1 Å². The quantitative estimate of drug-likeness (QED) is 0.605. The summed E-state index contributed by atoms with van der Waals surface area (Å²) in [6, 6.07) is 3.01. The monoisotopic (exact) mass is 373 g/mol. The molecule has 1 aliphatic rings. The number of hydrogen-bond donors (Lipinski definition) is 1. The number of carbonyl (C=O) groups excluding carboxylic acids is 3. The summed E-state index contributed by atoms with van der Waals surface area (Å²) in [5.41, 5.74) is -0.151. The summed E-state index contributed by atoms with van der Waals surface area (Å²) in [6.45, 7) is 0.167. The van der Waals surface area contributed by atoms with Gasteiger partial charge in [0.25, 0.3) is 5.91 Å². The molecule has 0 aliphatic carbocycles. The minimum atomic E-state index is -4.40. The molecule has 1 heterocycles. The van der Waals surface area contributed by atoms with Crippen LogP contribution in [0.4, 0.5) is 18.0 Å². The van der Waals surface area contributed by atoms with E-state index in [0.29, 0.717) is 5.56 Å². The van der Waals surface area contributed by atoms with E-state index in [2.05, 4.69) is 10.1 Å². The molecular formula is C16H18F3N3O4. The second-order valence-corrected chi connectivity index (χ2v) is 5.90. The van der Waals surface area contributed by atoms with Gasteiger partial charge in [0.2, 0.25) is 0 Å². The van der Waals surface area contributed by atoms with Crippen LogP contribution in [0.3, 0.4) is 0 Å². The van der Waals surface area contributed by atoms with Crippen LogP contribution in [0.5, 0.6) is 0 Å². The van der Waals surface area contributed by atoms with E-state index in [1.807, 2.05) is 0 Å². The largest absolute Gasteiger partial charge is 0.469 e. The first kappa shape index (κ1) is 19.7. The number of urea groups is 1. The zero-order chi connectivity index (χ0) is 19.5. The number of nitrogens with zero attached hydrogens (tertiary/aromatic N) is 2. The molecule has 1 fully saturated rings. The van der Waals surface area contributed by atoms with Crippen molar-refractivity contribution in [2.45, 2.75) is 25.2 Å². The third-order valence-corrected chi connectivity index (χ3v) is 3.82. The van der Waals surface area contributed by atoms with Crippen molar-refractivity contribution < 1.29 is 32.3 Å². The fourth-order valence-electron chi connectivity index (χ4n) is 2.50. The van der Waals surface area contributed by atoms with Gasteiger partial charge in [-0.3, -0.25) is 14.5 Å². The lowest BCUT2D eigenvalue weighted by molar-refractivity contribution is -0.143. The maximum Gasteiger partial charge on any atom is 0.416 e. The van der Waals surface area contributed by atoms with Crippen LogP contribution in [-0.2, 0) is 27.0 Å². The van der Waals surface area contributed by atoms with Gasteiger partial charge in [-0.1, -0.05) is 12.1 Å². The summed E-state index contributed by atoms with van der Waals surface area (Å²) in [5, 5.41) is 2.40. The Hall–Kier alpha value is -2.62. The zero-order valence-electron chi connectivity index (χ0n) is 14.2. The van der Waals surface area contributed by atoms with Gasteiger partial charge in [0.05, 0.1) is 25.8 Å². The molecule has 0 spiro atoms. The second-order valence-electron chi connectivity index (χ2n) is 5.90. The van der Waals surface area contributed by atoms with Crippen LogP contribution in [0.25, 0.3) is 0 Å². The molecular weight excluding hydrogens is 355 g/mol. The highest BCUT2D eigenvalue weighted by atomic mass is 19.4. The highest BCUT2D eigenvalue weighted by Gasteiger charge is 2.39. The van der Waals surface area contributed by atoms with E-state index in [9.17, 15) is 27.6 Å². The Morgan fingerprint density at radius 1 is 1.27 bits per heavy atom. The van der Waals surface area contributed by atoms with Gasteiger partial charge >= 0.3 is 18.2 Å². The highest BCUT2D eigenvalue weighted by molar-refractivity contribution is 6.05. The van der Waals surface area contributed by atoms with E-state index in [0.717, 1.165) is 17.0 Å². The van der Waals surface area contributed by atoms with Crippen LogP contribution in [0.15, 0.2) is 24.3 Å². The van der Waals surface area contributed by atoms with E-state index in [4.69, 9.17) is 0 Å². The van der Waals surface area contributed by atoms with Gasteiger partial charge in [-0.25, -0.2) is 9.69 Å². The Labute approximate surface area is 147 Å².